The minimum atomic E-state index is -0.533. The number of fused-ring (bicyclic) bond motifs is 1. The molecule has 4 aromatic carbocycles. The summed E-state index contributed by atoms with van der Waals surface area (Å²) in [4.78, 5) is 24.3. The molecule has 0 aliphatic carbocycles. The molecule has 0 fully saturated rings. The number of hydrogen-bond acceptors (Lipinski definition) is 4. The quantitative estimate of drug-likeness (QED) is 0.201. The van der Waals surface area contributed by atoms with Crippen LogP contribution in [-0.4, -0.2) is 18.0 Å². The maximum Gasteiger partial charge on any atom is 0.249 e. The van der Waals surface area contributed by atoms with Crippen LogP contribution in [0.15, 0.2) is 96.1 Å². The second-order valence-corrected chi connectivity index (χ2v) is 7.93. The lowest BCUT2D eigenvalue weighted by molar-refractivity contribution is -0.126. The molecule has 0 aliphatic rings. The Balaban J connectivity index is 1.43. The number of hydrazone groups is 1. The molecular weight excluding hydrogens is 450 g/mol. The lowest BCUT2D eigenvalue weighted by atomic mass is 10.0. The molecule has 0 spiro atoms. The van der Waals surface area contributed by atoms with Crippen LogP contribution in [0.1, 0.15) is 17.5 Å². The van der Waals surface area contributed by atoms with E-state index in [4.69, 9.17) is 16.3 Å². The van der Waals surface area contributed by atoms with E-state index in [9.17, 15) is 9.59 Å². The molecule has 0 atom stereocenters. The molecule has 4 rings (SSSR count). The first kappa shape index (κ1) is 23.0. The van der Waals surface area contributed by atoms with E-state index in [2.05, 4.69) is 15.8 Å². The summed E-state index contributed by atoms with van der Waals surface area (Å²) in [5.74, 6) is -0.345. The van der Waals surface area contributed by atoms with Crippen LogP contribution in [0, 0.1) is 0 Å². The molecule has 0 bridgehead atoms. The SMILES string of the molecule is O=C(CC(=O)Nc1ccc(Cl)cc1)NN=Cc1c(OCc2ccccc2)ccc2ccccc12. The van der Waals surface area contributed by atoms with Gasteiger partial charge in [-0.15, -0.1) is 0 Å². The number of ether oxygens (including phenoxy) is 1. The van der Waals surface area contributed by atoms with E-state index in [1.165, 1.54) is 6.21 Å². The Bertz CT molecular complexity index is 1320. The van der Waals surface area contributed by atoms with E-state index >= 15 is 0 Å². The summed E-state index contributed by atoms with van der Waals surface area (Å²) in [5.41, 5.74) is 4.75. The molecule has 6 nitrogen and oxygen atoms in total. The lowest BCUT2D eigenvalue weighted by Gasteiger charge is -2.12. The highest BCUT2D eigenvalue weighted by atomic mass is 35.5. The Labute approximate surface area is 202 Å². The monoisotopic (exact) mass is 471 g/mol. The largest absolute Gasteiger partial charge is 0.488 e. The maximum absolute atomic E-state index is 12.2. The minimum Gasteiger partial charge on any atom is -0.488 e. The van der Waals surface area contributed by atoms with Crippen LogP contribution in [0.5, 0.6) is 5.75 Å². The van der Waals surface area contributed by atoms with Crippen LogP contribution in [0.25, 0.3) is 10.8 Å². The van der Waals surface area contributed by atoms with Crippen molar-refractivity contribution in [3.8, 4) is 5.75 Å². The zero-order valence-electron chi connectivity index (χ0n) is 18.2. The molecule has 2 amide bonds. The van der Waals surface area contributed by atoms with Gasteiger partial charge in [0.2, 0.25) is 11.8 Å². The molecule has 0 saturated heterocycles. The van der Waals surface area contributed by atoms with Gasteiger partial charge in [-0.2, -0.15) is 5.10 Å². The van der Waals surface area contributed by atoms with Gasteiger partial charge in [0.15, 0.2) is 0 Å². The topological polar surface area (TPSA) is 79.8 Å². The number of amides is 2. The van der Waals surface area contributed by atoms with Crippen LogP contribution in [0.3, 0.4) is 0 Å². The fourth-order valence-corrected chi connectivity index (χ4v) is 3.49. The van der Waals surface area contributed by atoms with Gasteiger partial charge in [-0.3, -0.25) is 9.59 Å². The van der Waals surface area contributed by atoms with Crippen molar-refractivity contribution in [2.75, 3.05) is 5.32 Å². The predicted molar refractivity (Wildman–Crippen MR) is 135 cm³/mol. The van der Waals surface area contributed by atoms with Crippen LogP contribution in [0.2, 0.25) is 5.02 Å². The molecule has 170 valence electrons. The normalized spacial score (nSPS) is 10.9. The summed E-state index contributed by atoms with van der Waals surface area (Å²) in [5, 5.41) is 9.24. The van der Waals surface area contributed by atoms with Crippen molar-refractivity contribution in [1.82, 2.24) is 5.43 Å². The van der Waals surface area contributed by atoms with Crippen molar-refractivity contribution >= 4 is 46.1 Å². The lowest BCUT2D eigenvalue weighted by Crippen LogP contribution is -2.24. The predicted octanol–water partition coefficient (Wildman–Crippen LogP) is 5.55. The van der Waals surface area contributed by atoms with Gasteiger partial charge in [0, 0.05) is 16.3 Å². The van der Waals surface area contributed by atoms with Crippen molar-refractivity contribution < 1.29 is 14.3 Å². The summed E-state index contributed by atoms with van der Waals surface area (Å²) in [6.45, 7) is 0.400. The van der Waals surface area contributed by atoms with Gasteiger partial charge >= 0.3 is 0 Å². The van der Waals surface area contributed by atoms with Gasteiger partial charge in [0.05, 0.1) is 6.21 Å². The molecular formula is C27H22ClN3O3. The fraction of sp³-hybridized carbons (Fsp3) is 0.0741. The van der Waals surface area contributed by atoms with Crippen LogP contribution in [-0.2, 0) is 16.2 Å². The third-order valence-electron chi connectivity index (χ3n) is 5.00. The fourth-order valence-electron chi connectivity index (χ4n) is 3.36. The van der Waals surface area contributed by atoms with Crippen molar-refractivity contribution in [3.05, 3.63) is 107 Å². The summed E-state index contributed by atoms with van der Waals surface area (Å²) < 4.78 is 6.05. The number of anilines is 1. The summed E-state index contributed by atoms with van der Waals surface area (Å²) in [7, 11) is 0. The second kappa shape index (κ2) is 11.1. The first-order chi connectivity index (χ1) is 16.6. The minimum absolute atomic E-state index is 0.368. The van der Waals surface area contributed by atoms with Gasteiger partial charge < -0.3 is 10.1 Å². The number of halogens is 1. The van der Waals surface area contributed by atoms with Crippen molar-refractivity contribution in [3.63, 3.8) is 0 Å². The number of nitrogens with zero attached hydrogens (tertiary/aromatic N) is 1. The van der Waals surface area contributed by atoms with E-state index in [1.54, 1.807) is 24.3 Å². The number of nitrogens with one attached hydrogen (secondary N) is 2. The molecule has 34 heavy (non-hydrogen) atoms. The van der Waals surface area contributed by atoms with Gasteiger partial charge in [-0.1, -0.05) is 72.3 Å². The van der Waals surface area contributed by atoms with E-state index in [1.807, 2.05) is 66.7 Å². The molecule has 0 radical (unpaired) electrons. The smallest absolute Gasteiger partial charge is 0.249 e. The molecule has 7 heteroatoms. The molecule has 0 heterocycles. The molecule has 0 unspecified atom stereocenters. The number of rotatable bonds is 8. The highest BCUT2D eigenvalue weighted by molar-refractivity contribution is 6.30. The highest BCUT2D eigenvalue weighted by Gasteiger charge is 2.11. The summed E-state index contributed by atoms with van der Waals surface area (Å²) >= 11 is 5.84. The molecule has 0 saturated carbocycles. The number of carbonyl (C=O) groups excluding carboxylic acids is 2. The van der Waals surface area contributed by atoms with Gasteiger partial charge in [0.1, 0.15) is 18.8 Å². The Kier molecular flexibility index (Phi) is 7.53. The molecule has 0 aromatic heterocycles. The average Bonchev–Trinajstić information content (AvgIpc) is 2.85. The van der Waals surface area contributed by atoms with Gasteiger partial charge in [0.25, 0.3) is 0 Å². The van der Waals surface area contributed by atoms with Crippen LogP contribution in [0.4, 0.5) is 5.69 Å². The van der Waals surface area contributed by atoms with Crippen molar-refractivity contribution in [1.29, 1.82) is 0 Å². The Morgan fingerprint density at radius 3 is 2.38 bits per heavy atom. The highest BCUT2D eigenvalue weighted by Crippen LogP contribution is 2.27. The van der Waals surface area contributed by atoms with Gasteiger partial charge in [-0.25, -0.2) is 5.43 Å². The van der Waals surface area contributed by atoms with Crippen molar-refractivity contribution in [2.45, 2.75) is 13.0 Å². The van der Waals surface area contributed by atoms with E-state index < -0.39 is 11.8 Å². The second-order valence-electron chi connectivity index (χ2n) is 7.50. The summed E-state index contributed by atoms with van der Waals surface area (Å²) in [6, 6.07) is 28.2. The molecule has 2 N–H and O–H groups in total. The Morgan fingerprint density at radius 1 is 0.853 bits per heavy atom. The zero-order valence-corrected chi connectivity index (χ0v) is 19.0. The van der Waals surface area contributed by atoms with Crippen LogP contribution >= 0.6 is 11.6 Å². The third kappa shape index (κ3) is 6.21. The summed E-state index contributed by atoms with van der Waals surface area (Å²) in [6.07, 6.45) is 1.17. The zero-order chi connectivity index (χ0) is 23.8. The number of hydrogen-bond donors (Lipinski definition) is 2. The van der Waals surface area contributed by atoms with E-state index in [0.717, 1.165) is 21.9 Å². The first-order valence-corrected chi connectivity index (χ1v) is 11.0. The number of carbonyl (C=O) groups is 2. The molecule has 0 aliphatic heterocycles. The molecule has 4 aromatic rings. The van der Waals surface area contributed by atoms with E-state index in [-0.39, 0.29) is 6.42 Å². The standard InChI is InChI=1S/C27H22ClN3O3/c28-21-11-13-22(14-12-21)30-26(32)16-27(33)31-29-17-24-23-9-5-4-8-20(23)10-15-25(24)34-18-19-6-2-1-3-7-19/h1-15,17H,16,18H2,(H,30,32)(H,31,33). The van der Waals surface area contributed by atoms with Crippen LogP contribution < -0.4 is 15.5 Å². The Morgan fingerprint density at radius 2 is 1.59 bits per heavy atom. The van der Waals surface area contributed by atoms with E-state index in [0.29, 0.717) is 23.1 Å². The Hall–Kier alpha value is -4.16. The average molecular weight is 472 g/mol. The van der Waals surface area contributed by atoms with Crippen molar-refractivity contribution in [2.24, 2.45) is 5.10 Å². The first-order valence-electron chi connectivity index (χ1n) is 10.6. The third-order valence-corrected chi connectivity index (χ3v) is 5.25. The maximum atomic E-state index is 12.2. The van der Waals surface area contributed by atoms with Gasteiger partial charge in [-0.05, 0) is 46.7 Å². The number of benzene rings is 4.